The summed E-state index contributed by atoms with van der Waals surface area (Å²) in [4.78, 5) is 28.7. The fraction of sp³-hybridized carbons (Fsp3) is 0.545. The molecule has 0 radical (unpaired) electrons. The van der Waals surface area contributed by atoms with Crippen LogP contribution < -0.4 is 21.7 Å². The highest BCUT2D eigenvalue weighted by Gasteiger charge is 2.16. The van der Waals surface area contributed by atoms with Gasteiger partial charge < -0.3 is 21.7 Å². The summed E-state index contributed by atoms with van der Waals surface area (Å²) in [5.74, 6) is -0.320. The molecule has 0 aliphatic heterocycles. The van der Waals surface area contributed by atoms with E-state index in [1.807, 2.05) is 14.1 Å². The fourth-order valence-electron chi connectivity index (χ4n) is 1.38. The van der Waals surface area contributed by atoms with Gasteiger partial charge in [-0.25, -0.2) is 4.98 Å². The lowest BCUT2D eigenvalue weighted by Gasteiger charge is -2.05. The van der Waals surface area contributed by atoms with Crippen LogP contribution in [0.1, 0.15) is 28.9 Å². The standard InChI is InChI=1S/C11H19N5O2S/c1-16(2)11-15-9(13)8(19-11)10(18)14-6-4-3-5-7(12)17/h3-6,13H2,1-2H3,(H2,12,17)(H,14,18). The van der Waals surface area contributed by atoms with Gasteiger partial charge in [-0.3, -0.25) is 9.59 Å². The summed E-state index contributed by atoms with van der Waals surface area (Å²) in [6.45, 7) is 0.487. The third-order valence-electron chi connectivity index (χ3n) is 2.37. The molecule has 0 atom stereocenters. The van der Waals surface area contributed by atoms with E-state index in [4.69, 9.17) is 11.5 Å². The molecular formula is C11H19N5O2S. The molecule has 0 aromatic carbocycles. The second kappa shape index (κ2) is 6.93. The maximum Gasteiger partial charge on any atom is 0.265 e. The fourth-order valence-corrected chi connectivity index (χ4v) is 2.20. The first-order valence-corrected chi connectivity index (χ1v) is 6.73. The zero-order valence-corrected chi connectivity index (χ0v) is 11.9. The van der Waals surface area contributed by atoms with Gasteiger partial charge in [-0.05, 0) is 12.8 Å². The van der Waals surface area contributed by atoms with Crippen molar-refractivity contribution in [2.75, 3.05) is 31.3 Å². The summed E-state index contributed by atoms with van der Waals surface area (Å²) in [7, 11) is 3.67. The van der Waals surface area contributed by atoms with Gasteiger partial charge in [0.05, 0.1) is 0 Å². The number of nitrogens with zero attached hydrogens (tertiary/aromatic N) is 2. The number of nitrogen functional groups attached to an aromatic ring is 1. The number of carbonyl (C=O) groups excluding carboxylic acids is 2. The maximum absolute atomic E-state index is 11.9. The number of thiazole rings is 1. The number of unbranched alkanes of at least 4 members (excludes halogenated alkanes) is 1. The number of aromatic nitrogens is 1. The van der Waals surface area contributed by atoms with Crippen LogP contribution in [0.2, 0.25) is 0 Å². The summed E-state index contributed by atoms with van der Waals surface area (Å²) < 4.78 is 0. The van der Waals surface area contributed by atoms with Crippen LogP contribution in [0.4, 0.5) is 10.9 Å². The van der Waals surface area contributed by atoms with E-state index in [2.05, 4.69) is 10.3 Å². The first-order chi connectivity index (χ1) is 8.91. The molecule has 5 N–H and O–H groups in total. The zero-order valence-electron chi connectivity index (χ0n) is 11.1. The number of hydrogen-bond donors (Lipinski definition) is 3. The lowest BCUT2D eigenvalue weighted by atomic mass is 10.2. The SMILES string of the molecule is CN(C)c1nc(N)c(C(=O)NCCCCC(N)=O)s1. The summed E-state index contributed by atoms with van der Waals surface area (Å²) in [6.07, 6.45) is 1.70. The van der Waals surface area contributed by atoms with Crippen molar-refractivity contribution in [1.82, 2.24) is 10.3 Å². The molecule has 106 valence electrons. The zero-order chi connectivity index (χ0) is 14.4. The maximum atomic E-state index is 11.9. The van der Waals surface area contributed by atoms with E-state index in [1.54, 1.807) is 4.90 Å². The van der Waals surface area contributed by atoms with Crippen molar-refractivity contribution in [2.24, 2.45) is 5.73 Å². The van der Waals surface area contributed by atoms with Gasteiger partial charge >= 0.3 is 0 Å². The highest BCUT2D eigenvalue weighted by atomic mass is 32.1. The Morgan fingerprint density at radius 3 is 2.58 bits per heavy atom. The summed E-state index contributed by atoms with van der Waals surface area (Å²) in [5, 5.41) is 3.44. The van der Waals surface area contributed by atoms with Crippen molar-refractivity contribution >= 4 is 34.1 Å². The van der Waals surface area contributed by atoms with Crippen LogP contribution in [0.5, 0.6) is 0 Å². The van der Waals surface area contributed by atoms with E-state index in [9.17, 15) is 9.59 Å². The molecule has 0 saturated heterocycles. The van der Waals surface area contributed by atoms with Crippen LogP contribution in [-0.2, 0) is 4.79 Å². The van der Waals surface area contributed by atoms with Crippen LogP contribution in [0.3, 0.4) is 0 Å². The van der Waals surface area contributed by atoms with Crippen molar-refractivity contribution in [2.45, 2.75) is 19.3 Å². The molecule has 7 nitrogen and oxygen atoms in total. The van der Waals surface area contributed by atoms with E-state index >= 15 is 0 Å². The van der Waals surface area contributed by atoms with Crippen LogP contribution in [0.15, 0.2) is 0 Å². The number of nitrogens with one attached hydrogen (secondary N) is 1. The normalized spacial score (nSPS) is 10.2. The first kappa shape index (κ1) is 15.2. The van der Waals surface area contributed by atoms with E-state index < -0.39 is 0 Å². The average Bonchev–Trinajstić information content (AvgIpc) is 2.70. The highest BCUT2D eigenvalue weighted by molar-refractivity contribution is 7.18. The van der Waals surface area contributed by atoms with Crippen LogP contribution in [0.25, 0.3) is 0 Å². The van der Waals surface area contributed by atoms with Crippen molar-refractivity contribution in [3.63, 3.8) is 0 Å². The number of nitrogens with two attached hydrogens (primary N) is 2. The predicted molar refractivity (Wildman–Crippen MR) is 76.2 cm³/mol. The Morgan fingerprint density at radius 2 is 2.05 bits per heavy atom. The lowest BCUT2D eigenvalue weighted by Crippen LogP contribution is -2.24. The Balaban J connectivity index is 2.43. The molecule has 0 fully saturated rings. The Kier molecular flexibility index (Phi) is 5.56. The quantitative estimate of drug-likeness (QED) is 0.618. The van der Waals surface area contributed by atoms with Crippen molar-refractivity contribution < 1.29 is 9.59 Å². The minimum absolute atomic E-state index is 0.234. The minimum atomic E-state index is -0.325. The second-order valence-corrected chi connectivity index (χ2v) is 5.26. The van der Waals surface area contributed by atoms with E-state index in [1.165, 1.54) is 11.3 Å². The van der Waals surface area contributed by atoms with Crippen LogP contribution >= 0.6 is 11.3 Å². The van der Waals surface area contributed by atoms with Gasteiger partial charge in [0.25, 0.3) is 5.91 Å². The van der Waals surface area contributed by atoms with Gasteiger partial charge in [0.15, 0.2) is 5.13 Å². The van der Waals surface area contributed by atoms with Gasteiger partial charge in [0, 0.05) is 27.1 Å². The summed E-state index contributed by atoms with van der Waals surface area (Å²) >= 11 is 1.25. The van der Waals surface area contributed by atoms with Crippen LogP contribution in [0, 0.1) is 0 Å². The number of anilines is 2. The highest BCUT2D eigenvalue weighted by Crippen LogP contribution is 2.26. The molecule has 0 aliphatic rings. The molecular weight excluding hydrogens is 266 g/mol. The Labute approximate surface area is 116 Å². The Hall–Kier alpha value is -1.83. The van der Waals surface area contributed by atoms with Crippen LogP contribution in [-0.4, -0.2) is 37.4 Å². The number of rotatable bonds is 7. The third-order valence-corrected chi connectivity index (χ3v) is 3.60. The molecule has 2 amide bonds. The second-order valence-electron chi connectivity index (χ2n) is 4.28. The Morgan fingerprint density at radius 1 is 1.37 bits per heavy atom. The summed E-state index contributed by atoms with van der Waals surface area (Å²) in [6, 6.07) is 0. The van der Waals surface area contributed by atoms with Gasteiger partial charge in [0.1, 0.15) is 10.7 Å². The topological polar surface area (TPSA) is 114 Å². The number of hydrogen-bond acceptors (Lipinski definition) is 6. The number of primary amides is 1. The van der Waals surface area contributed by atoms with Crippen molar-refractivity contribution in [3.05, 3.63) is 4.88 Å². The molecule has 0 unspecified atom stereocenters. The molecule has 1 rings (SSSR count). The molecule has 0 spiro atoms. The summed E-state index contributed by atoms with van der Waals surface area (Å²) in [5.41, 5.74) is 10.7. The van der Waals surface area contributed by atoms with Gasteiger partial charge in [-0.2, -0.15) is 0 Å². The minimum Gasteiger partial charge on any atom is -0.382 e. The first-order valence-electron chi connectivity index (χ1n) is 5.92. The molecule has 19 heavy (non-hydrogen) atoms. The molecule has 8 heteroatoms. The molecule has 1 aromatic rings. The lowest BCUT2D eigenvalue weighted by molar-refractivity contribution is -0.118. The largest absolute Gasteiger partial charge is 0.382 e. The van der Waals surface area contributed by atoms with Crippen molar-refractivity contribution in [3.8, 4) is 0 Å². The van der Waals surface area contributed by atoms with Gasteiger partial charge in [-0.15, -0.1) is 0 Å². The van der Waals surface area contributed by atoms with Gasteiger partial charge in [-0.1, -0.05) is 11.3 Å². The number of amides is 2. The molecule has 1 aromatic heterocycles. The molecule has 0 aliphatic carbocycles. The van der Waals surface area contributed by atoms with E-state index in [0.29, 0.717) is 35.8 Å². The molecule has 1 heterocycles. The molecule has 0 saturated carbocycles. The Bertz CT molecular complexity index is 458. The van der Waals surface area contributed by atoms with E-state index in [-0.39, 0.29) is 17.6 Å². The number of carbonyl (C=O) groups is 2. The molecule has 0 bridgehead atoms. The van der Waals surface area contributed by atoms with Gasteiger partial charge in [0.2, 0.25) is 5.91 Å². The third kappa shape index (κ3) is 4.74. The monoisotopic (exact) mass is 285 g/mol. The predicted octanol–water partition coefficient (Wildman–Crippen LogP) is 0.177. The average molecular weight is 285 g/mol. The smallest absolute Gasteiger partial charge is 0.265 e. The van der Waals surface area contributed by atoms with Crippen molar-refractivity contribution in [1.29, 1.82) is 0 Å². The van der Waals surface area contributed by atoms with E-state index in [0.717, 1.165) is 0 Å².